The van der Waals surface area contributed by atoms with Crippen molar-refractivity contribution in [2.45, 2.75) is 31.9 Å². The summed E-state index contributed by atoms with van der Waals surface area (Å²) in [5, 5.41) is 8.98. The van der Waals surface area contributed by atoms with Crippen LogP contribution in [0.4, 0.5) is 11.4 Å². The van der Waals surface area contributed by atoms with Crippen molar-refractivity contribution in [3.05, 3.63) is 18.5 Å². The van der Waals surface area contributed by atoms with Crippen molar-refractivity contribution < 1.29 is 4.79 Å². The van der Waals surface area contributed by atoms with Crippen molar-refractivity contribution in [1.29, 1.82) is 5.26 Å². The van der Waals surface area contributed by atoms with Gasteiger partial charge in [0.25, 0.3) is 6.71 Å². The van der Waals surface area contributed by atoms with Gasteiger partial charge in [0.15, 0.2) is 0 Å². The highest BCUT2D eigenvalue weighted by atomic mass is 16.2. The number of pyridine rings is 1. The molecule has 1 aromatic rings. The van der Waals surface area contributed by atoms with E-state index in [9.17, 15) is 4.79 Å². The molecule has 2 aliphatic rings. The molecule has 2 saturated heterocycles. The van der Waals surface area contributed by atoms with E-state index in [0.717, 1.165) is 44.1 Å². The van der Waals surface area contributed by atoms with Crippen molar-refractivity contribution in [2.24, 2.45) is 5.41 Å². The maximum Gasteiger partial charge on any atom is 0.267 e. The third-order valence-corrected chi connectivity index (χ3v) is 4.69. The number of rotatable bonds is 1. The minimum atomic E-state index is -0.252. The molecule has 2 N–H and O–H groups in total. The van der Waals surface area contributed by atoms with Crippen molar-refractivity contribution in [3.8, 4) is 5.97 Å². The van der Waals surface area contributed by atoms with Gasteiger partial charge in [0.2, 0.25) is 5.91 Å². The van der Waals surface area contributed by atoms with Crippen LogP contribution in [-0.4, -0.2) is 24.1 Å². The summed E-state index contributed by atoms with van der Waals surface area (Å²) in [5.74, 6) is 2.51. The number of aromatic nitrogens is 1. The summed E-state index contributed by atoms with van der Waals surface area (Å²) < 4.78 is 0. The van der Waals surface area contributed by atoms with Crippen LogP contribution in [0.25, 0.3) is 0 Å². The van der Waals surface area contributed by atoms with Gasteiger partial charge in [0.1, 0.15) is 0 Å². The molecule has 0 unspecified atom stereocenters. The summed E-state index contributed by atoms with van der Waals surface area (Å²) in [7, 11) is 0. The monoisotopic (exact) mass is 268 g/mol. The largest absolute Gasteiger partial charge is 0.397 e. The van der Waals surface area contributed by atoms with E-state index in [-0.39, 0.29) is 18.0 Å². The number of carbonyl (C=O) groups excluding carboxylic acids is 1. The van der Waals surface area contributed by atoms with E-state index in [1.54, 1.807) is 23.4 Å². The van der Waals surface area contributed by atoms with E-state index in [1.807, 2.05) is 0 Å². The second kappa shape index (κ2) is 4.82. The standard InChI is InChI=1S/C14H17BN4O/c16-10-15-4-1-14(2-5-15)3-6-19(13(14)20)12-7-11(17)8-18-9-12/h7-9H,1-6,17H2. The Kier molecular flexibility index (Phi) is 3.13. The summed E-state index contributed by atoms with van der Waals surface area (Å²) in [4.78, 5) is 18.6. The van der Waals surface area contributed by atoms with Crippen LogP contribution in [-0.2, 0) is 4.79 Å². The Hall–Kier alpha value is -2.03. The highest BCUT2D eigenvalue weighted by Gasteiger charge is 2.49. The molecule has 2 fully saturated rings. The van der Waals surface area contributed by atoms with E-state index in [2.05, 4.69) is 11.0 Å². The lowest BCUT2D eigenvalue weighted by atomic mass is 9.39. The first kappa shape index (κ1) is 13.0. The Bertz CT molecular complexity index is 575. The van der Waals surface area contributed by atoms with Gasteiger partial charge < -0.3 is 10.6 Å². The summed E-state index contributed by atoms with van der Waals surface area (Å²) >= 11 is 0. The van der Waals surface area contributed by atoms with Crippen LogP contribution < -0.4 is 10.6 Å². The maximum absolute atomic E-state index is 12.8. The lowest BCUT2D eigenvalue weighted by Gasteiger charge is -2.32. The first-order valence-corrected chi connectivity index (χ1v) is 7.07. The molecular weight excluding hydrogens is 251 g/mol. The van der Waals surface area contributed by atoms with Crippen LogP contribution in [0.15, 0.2) is 18.5 Å². The molecule has 0 aromatic carbocycles. The highest BCUT2D eigenvalue weighted by Crippen LogP contribution is 2.46. The number of nitrogen functional groups attached to an aromatic ring is 1. The van der Waals surface area contributed by atoms with Crippen molar-refractivity contribution >= 4 is 24.0 Å². The van der Waals surface area contributed by atoms with E-state index in [4.69, 9.17) is 11.0 Å². The van der Waals surface area contributed by atoms with Gasteiger partial charge in [-0.05, 0) is 25.3 Å². The van der Waals surface area contributed by atoms with Crippen LogP contribution in [0, 0.1) is 16.6 Å². The predicted molar refractivity (Wildman–Crippen MR) is 78.3 cm³/mol. The van der Waals surface area contributed by atoms with E-state index in [1.165, 1.54) is 0 Å². The lowest BCUT2D eigenvalue weighted by Crippen LogP contribution is -2.38. The maximum atomic E-state index is 12.8. The number of anilines is 2. The van der Waals surface area contributed by atoms with Gasteiger partial charge in [-0.1, -0.05) is 12.6 Å². The molecule has 1 aromatic heterocycles. The van der Waals surface area contributed by atoms with Crippen LogP contribution in [0.3, 0.4) is 0 Å². The first-order valence-electron chi connectivity index (χ1n) is 7.07. The first-order chi connectivity index (χ1) is 9.64. The normalized spacial score (nSPS) is 21.2. The SMILES string of the molecule is N#CB1CCC2(CC1)CCN(c1cncc(N)c1)C2=O. The molecule has 0 bridgehead atoms. The average molecular weight is 268 g/mol. The summed E-state index contributed by atoms with van der Waals surface area (Å²) in [5.41, 5.74) is 6.85. The summed E-state index contributed by atoms with van der Waals surface area (Å²) in [6.45, 7) is 0.845. The van der Waals surface area contributed by atoms with E-state index in [0.29, 0.717) is 5.69 Å². The smallest absolute Gasteiger partial charge is 0.267 e. The van der Waals surface area contributed by atoms with Crippen molar-refractivity contribution in [2.75, 3.05) is 17.2 Å². The fourth-order valence-corrected chi connectivity index (χ4v) is 3.42. The van der Waals surface area contributed by atoms with E-state index < -0.39 is 0 Å². The molecule has 1 amide bonds. The minimum absolute atomic E-state index is 0.122. The molecule has 0 radical (unpaired) electrons. The van der Waals surface area contributed by atoms with Crippen LogP contribution in [0.2, 0.25) is 12.6 Å². The number of amides is 1. The van der Waals surface area contributed by atoms with Gasteiger partial charge in [-0.15, -0.1) is 0 Å². The van der Waals surface area contributed by atoms with Gasteiger partial charge in [-0.25, -0.2) is 5.26 Å². The zero-order chi connectivity index (χ0) is 14.2. The minimum Gasteiger partial charge on any atom is -0.397 e. The number of nitrogens with zero attached hydrogens (tertiary/aromatic N) is 3. The molecule has 6 heteroatoms. The molecule has 0 atom stereocenters. The number of hydrogen-bond donors (Lipinski definition) is 1. The molecular formula is C14H17BN4O. The van der Waals surface area contributed by atoms with Gasteiger partial charge in [0, 0.05) is 18.7 Å². The Balaban J connectivity index is 1.80. The van der Waals surface area contributed by atoms with Crippen molar-refractivity contribution in [3.63, 3.8) is 0 Å². The fraction of sp³-hybridized carbons (Fsp3) is 0.500. The van der Waals surface area contributed by atoms with Crippen LogP contribution >= 0.6 is 0 Å². The number of hydrogen-bond acceptors (Lipinski definition) is 4. The Labute approximate surface area is 118 Å². The number of nitrogens with two attached hydrogens (primary N) is 1. The Morgan fingerprint density at radius 1 is 1.35 bits per heavy atom. The Morgan fingerprint density at radius 3 is 2.75 bits per heavy atom. The molecule has 3 heterocycles. The fourth-order valence-electron chi connectivity index (χ4n) is 3.42. The Morgan fingerprint density at radius 2 is 2.10 bits per heavy atom. The van der Waals surface area contributed by atoms with Crippen LogP contribution in [0.5, 0.6) is 0 Å². The molecule has 0 saturated carbocycles. The number of nitriles is 1. The van der Waals surface area contributed by atoms with Gasteiger partial charge in [0.05, 0.1) is 23.0 Å². The van der Waals surface area contributed by atoms with Gasteiger partial charge in [-0.3, -0.25) is 9.78 Å². The second-order valence-corrected chi connectivity index (χ2v) is 5.87. The van der Waals surface area contributed by atoms with Crippen LogP contribution in [0.1, 0.15) is 19.3 Å². The average Bonchev–Trinajstić information content (AvgIpc) is 2.77. The quantitative estimate of drug-likeness (QED) is 0.786. The predicted octanol–water partition coefficient (Wildman–Crippen LogP) is 1.74. The van der Waals surface area contributed by atoms with Crippen molar-refractivity contribution in [1.82, 2.24) is 4.98 Å². The van der Waals surface area contributed by atoms with E-state index >= 15 is 0 Å². The highest BCUT2D eigenvalue weighted by molar-refractivity contribution is 6.67. The summed E-state index contributed by atoms with van der Waals surface area (Å²) in [6.07, 6.45) is 7.48. The number of carbonyl (C=O) groups is 1. The molecule has 3 rings (SSSR count). The zero-order valence-corrected chi connectivity index (χ0v) is 11.4. The molecule has 0 aliphatic carbocycles. The molecule has 20 heavy (non-hydrogen) atoms. The molecule has 102 valence electrons. The summed E-state index contributed by atoms with van der Waals surface area (Å²) in [6, 6.07) is 1.80. The molecule has 1 spiro atoms. The van der Waals surface area contributed by atoms with Gasteiger partial charge in [-0.2, -0.15) is 0 Å². The lowest BCUT2D eigenvalue weighted by molar-refractivity contribution is -0.126. The molecule has 5 nitrogen and oxygen atoms in total. The zero-order valence-electron chi connectivity index (χ0n) is 11.4. The topological polar surface area (TPSA) is 83.0 Å². The molecule has 2 aliphatic heterocycles. The second-order valence-electron chi connectivity index (χ2n) is 5.87. The third kappa shape index (κ3) is 2.03. The third-order valence-electron chi connectivity index (χ3n) is 4.69. The van der Waals surface area contributed by atoms with Gasteiger partial charge >= 0.3 is 0 Å².